The number of ether oxygens (including phenoxy) is 1. The normalized spacial score (nSPS) is 13.1. The highest BCUT2D eigenvalue weighted by Gasteiger charge is 2.36. The Morgan fingerprint density at radius 1 is 1.07 bits per heavy atom. The Labute approximate surface area is 173 Å². The van der Waals surface area contributed by atoms with Gasteiger partial charge in [0.2, 0.25) is 0 Å². The lowest BCUT2D eigenvalue weighted by Gasteiger charge is -2.20. The summed E-state index contributed by atoms with van der Waals surface area (Å²) in [5.41, 5.74) is -2.87. The van der Waals surface area contributed by atoms with Crippen LogP contribution in [0.15, 0.2) is 10.8 Å². The number of rotatable bonds is 2. The fourth-order valence-corrected chi connectivity index (χ4v) is 3.13. The highest BCUT2D eigenvalue weighted by atomic mass is 35.5. The van der Waals surface area contributed by atoms with Gasteiger partial charge in [-0.15, -0.1) is 22.7 Å². The lowest BCUT2D eigenvalue weighted by molar-refractivity contribution is -0.155. The van der Waals surface area contributed by atoms with E-state index < -0.39 is 41.2 Å². The van der Waals surface area contributed by atoms with E-state index in [1.54, 1.807) is 26.8 Å². The molecule has 2 aromatic rings. The van der Waals surface area contributed by atoms with Crippen LogP contribution in [0.1, 0.15) is 43.1 Å². The first-order chi connectivity index (χ1) is 13.0. The molecule has 0 saturated carbocycles. The van der Waals surface area contributed by atoms with Crippen LogP contribution in [0, 0.1) is 11.3 Å². The topological polar surface area (TPSA) is 75.9 Å². The van der Waals surface area contributed by atoms with Gasteiger partial charge in [0.15, 0.2) is 21.8 Å². The largest absolute Gasteiger partial charge is 0.459 e. The number of alkyl halides is 6. The van der Waals surface area contributed by atoms with Gasteiger partial charge in [-0.3, -0.25) is 4.79 Å². The maximum Gasteiger partial charge on any atom is 0.434 e. The van der Waals surface area contributed by atoms with E-state index >= 15 is 0 Å². The second kappa shape index (κ2) is 9.27. The number of hydrogen-bond acceptors (Lipinski definition) is 7. The van der Waals surface area contributed by atoms with E-state index in [-0.39, 0.29) is 9.47 Å². The van der Waals surface area contributed by atoms with E-state index in [9.17, 15) is 31.1 Å². The van der Waals surface area contributed by atoms with Crippen LogP contribution in [0.5, 0.6) is 0 Å². The fraction of sp³-hybridized carbons (Fsp3) is 0.467. The van der Waals surface area contributed by atoms with Crippen LogP contribution in [0.3, 0.4) is 0 Å². The number of hydrogen-bond donors (Lipinski definition) is 0. The van der Waals surface area contributed by atoms with Crippen molar-refractivity contribution in [3.8, 4) is 6.07 Å². The SMILES string of the molecule is CC(C)(C)OC(=O)C(C#N)c1nc(C(F)(F)F)cs1.FC(F)(F)c1csc(Cl)n1. The van der Waals surface area contributed by atoms with Gasteiger partial charge in [0.1, 0.15) is 10.6 Å². The minimum absolute atomic E-state index is 0.0904. The van der Waals surface area contributed by atoms with Crippen LogP contribution in [0.25, 0.3) is 0 Å². The van der Waals surface area contributed by atoms with Crippen LogP contribution >= 0.6 is 34.3 Å². The highest BCUT2D eigenvalue weighted by molar-refractivity contribution is 7.14. The molecule has 0 bridgehead atoms. The zero-order valence-electron chi connectivity index (χ0n) is 14.9. The standard InChI is InChI=1S/C11H11F3N2O2S.C4HClF3NS/c1-10(2,3)18-9(17)6(4-15)8-16-7(5-19-8)11(12,13)14;5-3-9-2(1-10-3)4(6,7)8/h5-6H,1-3H3;1H. The molecule has 2 heterocycles. The molecular weight excluding hydrogens is 468 g/mol. The molecule has 5 nitrogen and oxygen atoms in total. The molecule has 0 fully saturated rings. The van der Waals surface area contributed by atoms with E-state index in [4.69, 9.17) is 21.6 Å². The summed E-state index contributed by atoms with van der Waals surface area (Å²) < 4.78 is 77.1. The Morgan fingerprint density at radius 3 is 1.86 bits per heavy atom. The van der Waals surface area contributed by atoms with Gasteiger partial charge in [0, 0.05) is 10.8 Å². The first-order valence-corrected chi connectivity index (χ1v) is 9.51. The summed E-state index contributed by atoms with van der Waals surface area (Å²) in [6.07, 6.45) is -8.97. The van der Waals surface area contributed by atoms with Gasteiger partial charge in [-0.1, -0.05) is 11.6 Å². The second-order valence-electron chi connectivity index (χ2n) is 6.15. The number of halogens is 7. The van der Waals surface area contributed by atoms with Crippen molar-refractivity contribution in [2.24, 2.45) is 0 Å². The van der Waals surface area contributed by atoms with Gasteiger partial charge in [-0.2, -0.15) is 31.6 Å². The van der Waals surface area contributed by atoms with E-state index in [2.05, 4.69) is 9.97 Å². The van der Waals surface area contributed by atoms with Crippen LogP contribution in [0.4, 0.5) is 26.3 Å². The first-order valence-electron chi connectivity index (χ1n) is 7.38. The summed E-state index contributed by atoms with van der Waals surface area (Å²) in [5.74, 6) is -2.35. The Balaban J connectivity index is 0.000000352. The minimum atomic E-state index is -4.59. The fourth-order valence-electron chi connectivity index (χ4n) is 1.50. The number of carbonyl (C=O) groups excluding carboxylic acids is 1. The van der Waals surface area contributed by atoms with E-state index in [1.165, 1.54) is 0 Å². The van der Waals surface area contributed by atoms with E-state index in [0.717, 1.165) is 22.1 Å². The molecule has 0 aliphatic carbocycles. The molecule has 0 aliphatic rings. The number of aromatic nitrogens is 2. The van der Waals surface area contributed by atoms with Crippen molar-refractivity contribution in [2.45, 2.75) is 44.6 Å². The van der Waals surface area contributed by atoms with Crippen molar-refractivity contribution in [1.82, 2.24) is 9.97 Å². The van der Waals surface area contributed by atoms with Crippen LogP contribution in [-0.4, -0.2) is 21.5 Å². The summed E-state index contributed by atoms with van der Waals surface area (Å²) in [6.45, 7) is 4.80. The average molecular weight is 480 g/mol. The molecule has 0 saturated heterocycles. The lowest BCUT2D eigenvalue weighted by atomic mass is 10.1. The summed E-state index contributed by atoms with van der Waals surface area (Å²) in [7, 11) is 0. The molecule has 0 amide bonds. The van der Waals surface area contributed by atoms with Crippen molar-refractivity contribution in [2.75, 3.05) is 0 Å². The molecule has 2 rings (SSSR count). The lowest BCUT2D eigenvalue weighted by Crippen LogP contribution is -2.27. The summed E-state index contributed by atoms with van der Waals surface area (Å²) in [6, 6.07) is 1.61. The maximum atomic E-state index is 12.4. The van der Waals surface area contributed by atoms with Crippen LogP contribution in [-0.2, 0) is 21.9 Å². The van der Waals surface area contributed by atoms with Gasteiger partial charge in [0.05, 0.1) is 6.07 Å². The second-order valence-corrected chi connectivity index (χ2v) is 8.48. The molecule has 29 heavy (non-hydrogen) atoms. The first kappa shape index (κ1) is 25.1. The van der Waals surface area contributed by atoms with Crippen molar-refractivity contribution >= 4 is 40.2 Å². The van der Waals surface area contributed by atoms with Crippen molar-refractivity contribution in [3.63, 3.8) is 0 Å². The quantitative estimate of drug-likeness (QED) is 0.394. The van der Waals surface area contributed by atoms with Crippen LogP contribution < -0.4 is 0 Å². The number of thiazole rings is 2. The highest BCUT2D eigenvalue weighted by Crippen LogP contribution is 2.33. The predicted molar refractivity (Wildman–Crippen MR) is 93.4 cm³/mol. The predicted octanol–water partition coefficient (Wildman–Crippen LogP) is 5.93. The molecule has 0 N–H and O–H groups in total. The Kier molecular flexibility index (Phi) is 8.03. The van der Waals surface area contributed by atoms with Gasteiger partial charge in [-0.25, -0.2) is 9.97 Å². The third-order valence-corrected chi connectivity index (χ3v) is 4.49. The monoisotopic (exact) mass is 479 g/mol. The van der Waals surface area contributed by atoms with Crippen LogP contribution in [0.2, 0.25) is 4.47 Å². The third kappa shape index (κ3) is 8.15. The zero-order chi connectivity index (χ0) is 22.6. The van der Waals surface area contributed by atoms with E-state index in [1.807, 2.05) is 0 Å². The van der Waals surface area contributed by atoms with Crippen molar-refractivity contribution in [3.05, 3.63) is 31.6 Å². The molecule has 0 aromatic carbocycles. The van der Waals surface area contributed by atoms with Gasteiger partial charge in [-0.05, 0) is 20.8 Å². The number of nitrogens with zero attached hydrogens (tertiary/aromatic N) is 3. The minimum Gasteiger partial charge on any atom is -0.459 e. The zero-order valence-corrected chi connectivity index (χ0v) is 17.2. The number of esters is 1. The Morgan fingerprint density at radius 2 is 1.55 bits per heavy atom. The maximum absolute atomic E-state index is 12.4. The van der Waals surface area contributed by atoms with Crippen molar-refractivity contribution in [1.29, 1.82) is 5.26 Å². The summed E-state index contributed by atoms with van der Waals surface area (Å²) >= 11 is 6.55. The average Bonchev–Trinajstić information content (AvgIpc) is 3.15. The molecule has 160 valence electrons. The van der Waals surface area contributed by atoms with Gasteiger partial charge < -0.3 is 4.74 Å². The van der Waals surface area contributed by atoms with Gasteiger partial charge >= 0.3 is 18.3 Å². The number of carbonyl (C=O) groups is 1. The smallest absolute Gasteiger partial charge is 0.434 e. The van der Waals surface area contributed by atoms with Gasteiger partial charge in [0.25, 0.3) is 0 Å². The summed E-state index contributed by atoms with van der Waals surface area (Å²) in [4.78, 5) is 18.0. The molecule has 0 radical (unpaired) electrons. The molecule has 2 aromatic heterocycles. The molecule has 14 heteroatoms. The molecule has 1 atom stereocenters. The molecular formula is C15H12ClF6N3O2S2. The van der Waals surface area contributed by atoms with Crippen molar-refractivity contribution < 1.29 is 35.9 Å². The summed E-state index contributed by atoms with van der Waals surface area (Å²) in [5, 5.41) is 10.3. The molecule has 0 spiro atoms. The molecule has 1 unspecified atom stereocenters. The van der Waals surface area contributed by atoms with E-state index in [0.29, 0.717) is 11.3 Å². The number of nitriles is 1. The Bertz CT molecular complexity index is 880. The Hall–Kier alpha value is -1.91. The third-order valence-electron chi connectivity index (χ3n) is 2.60. The molecule has 0 aliphatic heterocycles.